The molecule has 2 aromatic rings. The van der Waals surface area contributed by atoms with E-state index in [1.54, 1.807) is 13.0 Å². The summed E-state index contributed by atoms with van der Waals surface area (Å²) in [4.78, 5) is 33.3. The summed E-state index contributed by atoms with van der Waals surface area (Å²) in [6.07, 6.45) is -7.67. The van der Waals surface area contributed by atoms with Gasteiger partial charge in [-0.3, -0.25) is 14.5 Å². The fourth-order valence-corrected chi connectivity index (χ4v) is 6.68. The lowest BCUT2D eigenvalue weighted by Crippen LogP contribution is -2.60. The van der Waals surface area contributed by atoms with Gasteiger partial charge in [-0.1, -0.05) is 0 Å². The first-order valence-electron chi connectivity index (χ1n) is 14.2. The van der Waals surface area contributed by atoms with Crippen LogP contribution in [0.1, 0.15) is 47.9 Å². The number of hydrogen-bond donors (Lipinski definition) is 0. The van der Waals surface area contributed by atoms with Crippen LogP contribution in [-0.2, 0) is 28.5 Å². The number of piperazine rings is 1. The predicted octanol–water partition coefficient (Wildman–Crippen LogP) is 5.90. The Morgan fingerprint density at radius 1 is 0.909 bits per heavy atom. The van der Waals surface area contributed by atoms with Crippen LogP contribution in [0.2, 0.25) is 0 Å². The molecule has 242 valence electrons. The number of nitrogens with zero attached hydrogens (tertiary/aromatic N) is 4. The Morgan fingerprint density at radius 2 is 1.57 bits per heavy atom. The van der Waals surface area contributed by atoms with Crippen LogP contribution in [0.25, 0.3) is 0 Å². The van der Waals surface area contributed by atoms with Crippen LogP contribution in [0.15, 0.2) is 36.4 Å². The monoisotopic (exact) mass is 650 g/mol. The highest BCUT2D eigenvalue weighted by Gasteiger charge is 2.42. The van der Waals surface area contributed by atoms with Crippen molar-refractivity contribution in [3.63, 3.8) is 0 Å². The van der Waals surface area contributed by atoms with Crippen LogP contribution in [0.3, 0.4) is 0 Å². The van der Waals surface area contributed by atoms with Gasteiger partial charge in [0.15, 0.2) is 0 Å². The van der Waals surface area contributed by atoms with Crippen LogP contribution in [0.4, 0.5) is 36.4 Å². The maximum Gasteiger partial charge on any atom is 0.416 e. The quantitative estimate of drug-likeness (QED) is 0.379. The number of rotatable bonds is 5. The summed E-state index contributed by atoms with van der Waals surface area (Å²) in [6.45, 7) is 3.60. The number of piperidine rings is 1. The van der Waals surface area contributed by atoms with Crippen molar-refractivity contribution in [2.75, 3.05) is 38.1 Å². The predicted molar refractivity (Wildman–Crippen MR) is 152 cm³/mol. The normalized spacial score (nSPS) is 22.9. The molecule has 0 bridgehead atoms. The molecule has 2 aromatic carbocycles. The summed E-state index contributed by atoms with van der Waals surface area (Å²) in [5.74, 6) is -0.761. The smallest absolute Gasteiger partial charge is 0.359 e. The van der Waals surface area contributed by atoms with Gasteiger partial charge in [0.1, 0.15) is 11.9 Å². The van der Waals surface area contributed by atoms with E-state index in [0.717, 1.165) is 11.3 Å². The van der Waals surface area contributed by atoms with Gasteiger partial charge in [0, 0.05) is 64.0 Å². The number of amides is 2. The van der Waals surface area contributed by atoms with Crippen molar-refractivity contribution in [2.45, 2.75) is 69.6 Å². The molecule has 0 aliphatic carbocycles. The number of fused-ring (bicyclic) bond motifs is 1. The highest BCUT2D eigenvalue weighted by molar-refractivity contribution is 5.86. The second-order valence-corrected chi connectivity index (χ2v) is 11.7. The Bertz CT molecular complexity index is 1350. The molecule has 3 aliphatic rings. The average Bonchev–Trinajstić information content (AvgIpc) is 3.31. The van der Waals surface area contributed by atoms with E-state index in [9.17, 15) is 40.3 Å². The van der Waals surface area contributed by atoms with Crippen LogP contribution < -0.4 is 4.90 Å². The molecular weight excluding hydrogens is 617 g/mol. The van der Waals surface area contributed by atoms with Crippen LogP contribution in [-0.4, -0.2) is 77.9 Å². The van der Waals surface area contributed by atoms with E-state index < -0.39 is 47.8 Å². The van der Waals surface area contributed by atoms with Crippen molar-refractivity contribution in [3.8, 4) is 0 Å². The number of likely N-dealkylation sites (N-methyl/N-ethyl adjacent to an activating group) is 1. The van der Waals surface area contributed by atoms with Crippen molar-refractivity contribution >= 4 is 29.9 Å². The first-order chi connectivity index (χ1) is 20.1. The highest BCUT2D eigenvalue weighted by atomic mass is 35.5. The molecule has 44 heavy (non-hydrogen) atoms. The summed E-state index contributed by atoms with van der Waals surface area (Å²) in [6, 6.07) is 4.84. The second-order valence-electron chi connectivity index (χ2n) is 11.7. The topological polar surface area (TPSA) is 47.1 Å². The zero-order valence-electron chi connectivity index (χ0n) is 24.2. The van der Waals surface area contributed by atoms with Crippen LogP contribution in [0, 0.1) is 12.7 Å². The Morgan fingerprint density at radius 3 is 2.18 bits per heavy atom. The molecular formula is C30H34ClF7N4O2. The van der Waals surface area contributed by atoms with E-state index >= 15 is 0 Å². The largest absolute Gasteiger partial charge is 0.416 e. The molecule has 0 aromatic heterocycles. The molecule has 3 saturated heterocycles. The van der Waals surface area contributed by atoms with Crippen LogP contribution >= 0.6 is 12.4 Å². The maximum atomic E-state index is 14.0. The molecule has 5 rings (SSSR count). The van der Waals surface area contributed by atoms with Crippen molar-refractivity contribution in [1.82, 2.24) is 14.7 Å². The van der Waals surface area contributed by atoms with Gasteiger partial charge in [-0.15, -0.1) is 12.4 Å². The standard InChI is InChI=1S/C30H33F7N4O2.ClH/c1-18-11-22(31)3-5-25(18)41-8-7-23(39-9-10-40-24(17-39)4-6-27(40)42)15-26(41)28(43)38(2)16-19-12-20(29(32,33)34)14-21(13-19)30(35,36)37;/h3,5,11-14,23-24,26H,4,6-10,15-17H2,1-2H3;1H/t23?,24-,26?;/m0./s1. The van der Waals surface area contributed by atoms with E-state index in [1.807, 2.05) is 9.80 Å². The summed E-state index contributed by atoms with van der Waals surface area (Å²) in [7, 11) is 1.36. The fraction of sp³-hybridized carbons (Fsp3) is 0.533. The Hall–Kier alpha value is -3.06. The van der Waals surface area contributed by atoms with Crippen LogP contribution in [0.5, 0.6) is 0 Å². The number of hydrogen-bond acceptors (Lipinski definition) is 4. The molecule has 3 atom stereocenters. The third kappa shape index (κ3) is 7.09. The van der Waals surface area contributed by atoms with Gasteiger partial charge in [0.2, 0.25) is 11.8 Å². The first-order valence-corrected chi connectivity index (χ1v) is 14.2. The molecule has 2 amide bonds. The minimum absolute atomic E-state index is 0. The molecule has 0 radical (unpaired) electrons. The minimum atomic E-state index is -5.00. The van der Waals surface area contributed by atoms with Gasteiger partial charge in [-0.2, -0.15) is 26.3 Å². The van der Waals surface area contributed by atoms with Gasteiger partial charge in [-0.05, 0) is 73.7 Å². The summed E-state index contributed by atoms with van der Waals surface area (Å²) in [5.41, 5.74) is -1.94. The van der Waals surface area contributed by atoms with E-state index in [1.165, 1.54) is 19.2 Å². The van der Waals surface area contributed by atoms with Gasteiger partial charge >= 0.3 is 12.4 Å². The number of carbonyl (C=O) groups excluding carboxylic acids is 2. The lowest BCUT2D eigenvalue weighted by Gasteiger charge is -2.48. The Balaban J connectivity index is 0.00000442. The number of aryl methyl sites for hydroxylation is 1. The Labute approximate surface area is 257 Å². The SMILES string of the molecule is Cc1cc(F)ccc1N1CCC(N2CCN3C(=O)CC[C@H]3C2)CC1C(=O)N(C)Cc1cc(C(F)(F)F)cc(C(F)(F)F)c1.Cl. The van der Waals surface area contributed by atoms with Gasteiger partial charge in [0.05, 0.1) is 11.1 Å². The highest BCUT2D eigenvalue weighted by Crippen LogP contribution is 2.37. The zero-order valence-corrected chi connectivity index (χ0v) is 25.0. The van der Waals surface area contributed by atoms with E-state index in [2.05, 4.69) is 4.90 Å². The molecule has 0 N–H and O–H groups in total. The number of alkyl halides is 6. The lowest BCUT2D eigenvalue weighted by molar-refractivity contribution is -0.143. The molecule has 0 spiro atoms. The van der Waals surface area contributed by atoms with Crippen molar-refractivity contribution in [3.05, 3.63) is 64.5 Å². The van der Waals surface area contributed by atoms with E-state index in [-0.39, 0.29) is 42.0 Å². The molecule has 2 unspecified atom stereocenters. The third-order valence-electron chi connectivity index (χ3n) is 8.81. The van der Waals surface area contributed by atoms with Gasteiger partial charge < -0.3 is 14.7 Å². The third-order valence-corrected chi connectivity index (χ3v) is 8.81. The molecule has 0 saturated carbocycles. The number of halogens is 8. The number of anilines is 1. The zero-order chi connectivity index (χ0) is 31.3. The Kier molecular flexibility index (Phi) is 9.80. The van der Waals surface area contributed by atoms with E-state index in [4.69, 9.17) is 0 Å². The molecule has 14 heteroatoms. The average molecular weight is 651 g/mol. The van der Waals surface area contributed by atoms with E-state index in [0.29, 0.717) is 68.8 Å². The second kappa shape index (κ2) is 12.7. The van der Waals surface area contributed by atoms with Gasteiger partial charge in [-0.25, -0.2) is 4.39 Å². The minimum Gasteiger partial charge on any atom is -0.359 e. The first kappa shape index (κ1) is 33.8. The summed E-state index contributed by atoms with van der Waals surface area (Å²) >= 11 is 0. The van der Waals surface area contributed by atoms with Gasteiger partial charge in [0.25, 0.3) is 0 Å². The van der Waals surface area contributed by atoms with Crippen molar-refractivity contribution < 1.29 is 40.3 Å². The molecule has 3 heterocycles. The number of benzene rings is 2. The molecule has 3 aliphatic heterocycles. The molecule has 3 fully saturated rings. The summed E-state index contributed by atoms with van der Waals surface area (Å²) < 4.78 is 94.6. The molecule has 6 nitrogen and oxygen atoms in total. The summed E-state index contributed by atoms with van der Waals surface area (Å²) in [5, 5.41) is 0. The van der Waals surface area contributed by atoms with Crippen molar-refractivity contribution in [1.29, 1.82) is 0 Å². The fourth-order valence-electron chi connectivity index (χ4n) is 6.68. The number of carbonyl (C=O) groups is 2. The lowest BCUT2D eigenvalue weighted by atomic mass is 9.92. The maximum absolute atomic E-state index is 14.0. The van der Waals surface area contributed by atoms with Crippen molar-refractivity contribution in [2.24, 2.45) is 0 Å².